The molecule has 2 nitrogen and oxygen atoms in total. The van der Waals surface area contributed by atoms with Gasteiger partial charge in [-0.05, 0) is 33.6 Å². The Hall–Kier alpha value is -1.42. The molecule has 0 bridgehead atoms. The molecule has 0 fully saturated rings. The molecule has 0 amide bonds. The van der Waals surface area contributed by atoms with Crippen LogP contribution in [0.2, 0.25) is 0 Å². The highest BCUT2D eigenvalue weighted by Gasteiger charge is 2.02. The van der Waals surface area contributed by atoms with Crippen molar-refractivity contribution in [3.8, 4) is 0 Å². The van der Waals surface area contributed by atoms with Crippen LogP contribution in [0, 0.1) is 5.95 Å². The SMILES string of the molecule is Fc1ccc(Br)c(NCc2ccccc2)n1. The van der Waals surface area contributed by atoms with E-state index in [0.29, 0.717) is 12.4 Å². The van der Waals surface area contributed by atoms with Gasteiger partial charge in [0.25, 0.3) is 0 Å². The fraction of sp³-hybridized carbons (Fsp3) is 0.0833. The molecule has 0 aliphatic carbocycles. The molecular weight excluding hydrogens is 271 g/mol. The van der Waals surface area contributed by atoms with E-state index in [9.17, 15) is 4.39 Å². The van der Waals surface area contributed by atoms with Gasteiger partial charge in [-0.1, -0.05) is 30.3 Å². The van der Waals surface area contributed by atoms with Crippen molar-refractivity contribution in [2.75, 3.05) is 5.32 Å². The number of benzene rings is 1. The maximum atomic E-state index is 12.9. The average molecular weight is 281 g/mol. The molecule has 0 radical (unpaired) electrons. The highest BCUT2D eigenvalue weighted by atomic mass is 79.9. The van der Waals surface area contributed by atoms with Crippen LogP contribution in [0.1, 0.15) is 5.56 Å². The molecule has 1 N–H and O–H groups in total. The molecule has 4 heteroatoms. The van der Waals surface area contributed by atoms with E-state index in [-0.39, 0.29) is 0 Å². The number of rotatable bonds is 3. The van der Waals surface area contributed by atoms with Crippen molar-refractivity contribution in [1.29, 1.82) is 0 Å². The van der Waals surface area contributed by atoms with E-state index in [1.807, 2.05) is 30.3 Å². The third-order valence-electron chi connectivity index (χ3n) is 2.11. The Morgan fingerprint density at radius 1 is 1.12 bits per heavy atom. The lowest BCUT2D eigenvalue weighted by Gasteiger charge is -2.07. The maximum Gasteiger partial charge on any atom is 0.214 e. The molecule has 1 aromatic heterocycles. The highest BCUT2D eigenvalue weighted by molar-refractivity contribution is 9.10. The van der Waals surface area contributed by atoms with E-state index >= 15 is 0 Å². The zero-order valence-electron chi connectivity index (χ0n) is 8.45. The molecule has 0 aliphatic heterocycles. The molecule has 0 aliphatic rings. The summed E-state index contributed by atoms with van der Waals surface area (Å²) in [4.78, 5) is 3.76. The first-order valence-electron chi connectivity index (χ1n) is 4.85. The molecule has 16 heavy (non-hydrogen) atoms. The summed E-state index contributed by atoms with van der Waals surface area (Å²) in [7, 11) is 0. The van der Waals surface area contributed by atoms with Gasteiger partial charge >= 0.3 is 0 Å². The zero-order valence-corrected chi connectivity index (χ0v) is 10.0. The second kappa shape index (κ2) is 5.07. The Morgan fingerprint density at radius 3 is 2.62 bits per heavy atom. The first-order chi connectivity index (χ1) is 7.75. The summed E-state index contributed by atoms with van der Waals surface area (Å²) in [5, 5.41) is 3.07. The lowest BCUT2D eigenvalue weighted by atomic mass is 10.2. The van der Waals surface area contributed by atoms with Crippen LogP contribution in [-0.4, -0.2) is 4.98 Å². The van der Waals surface area contributed by atoms with Gasteiger partial charge in [0.1, 0.15) is 5.82 Å². The molecule has 82 valence electrons. The van der Waals surface area contributed by atoms with Gasteiger partial charge in [-0.2, -0.15) is 4.39 Å². The zero-order chi connectivity index (χ0) is 11.4. The molecule has 2 rings (SSSR count). The van der Waals surface area contributed by atoms with E-state index in [4.69, 9.17) is 0 Å². The van der Waals surface area contributed by atoms with Gasteiger partial charge in [0.15, 0.2) is 0 Å². The van der Waals surface area contributed by atoms with E-state index in [1.54, 1.807) is 6.07 Å². The summed E-state index contributed by atoms with van der Waals surface area (Å²) < 4.78 is 13.7. The molecule has 0 unspecified atom stereocenters. The lowest BCUT2D eigenvalue weighted by molar-refractivity contribution is 0.584. The fourth-order valence-electron chi connectivity index (χ4n) is 1.32. The van der Waals surface area contributed by atoms with Crippen LogP contribution in [0.25, 0.3) is 0 Å². The van der Waals surface area contributed by atoms with Crippen LogP contribution in [0.5, 0.6) is 0 Å². The minimum atomic E-state index is -0.487. The first kappa shape index (κ1) is 11.1. The second-order valence-electron chi connectivity index (χ2n) is 3.30. The van der Waals surface area contributed by atoms with Crippen molar-refractivity contribution in [2.24, 2.45) is 0 Å². The monoisotopic (exact) mass is 280 g/mol. The molecule has 0 saturated carbocycles. The Bertz CT molecular complexity index is 474. The van der Waals surface area contributed by atoms with Crippen LogP contribution >= 0.6 is 15.9 Å². The predicted molar refractivity (Wildman–Crippen MR) is 65.7 cm³/mol. The third kappa shape index (κ3) is 2.79. The number of halogens is 2. The van der Waals surface area contributed by atoms with Crippen LogP contribution < -0.4 is 5.32 Å². The summed E-state index contributed by atoms with van der Waals surface area (Å²) in [6, 6.07) is 12.8. The summed E-state index contributed by atoms with van der Waals surface area (Å²) in [5.74, 6) is 0.0302. The number of nitrogens with one attached hydrogen (secondary N) is 1. The van der Waals surface area contributed by atoms with E-state index in [0.717, 1.165) is 10.0 Å². The number of anilines is 1. The Labute approximate surface area is 102 Å². The number of hydrogen-bond donors (Lipinski definition) is 1. The summed E-state index contributed by atoms with van der Waals surface area (Å²) in [5.41, 5.74) is 1.13. The van der Waals surface area contributed by atoms with Gasteiger partial charge in [-0.15, -0.1) is 0 Å². The van der Waals surface area contributed by atoms with E-state index in [2.05, 4.69) is 26.2 Å². The quantitative estimate of drug-likeness (QED) is 0.869. The molecule has 0 saturated heterocycles. The van der Waals surface area contributed by atoms with E-state index < -0.39 is 5.95 Å². The normalized spacial score (nSPS) is 10.1. The van der Waals surface area contributed by atoms with Gasteiger partial charge in [-0.25, -0.2) is 4.98 Å². The van der Waals surface area contributed by atoms with Gasteiger partial charge in [0, 0.05) is 6.54 Å². The smallest absolute Gasteiger partial charge is 0.214 e. The Kier molecular flexibility index (Phi) is 3.51. The molecule has 1 heterocycles. The fourth-order valence-corrected chi connectivity index (χ4v) is 1.68. The number of hydrogen-bond acceptors (Lipinski definition) is 2. The van der Waals surface area contributed by atoms with Crippen molar-refractivity contribution in [1.82, 2.24) is 4.98 Å². The summed E-state index contributed by atoms with van der Waals surface area (Å²) in [6.07, 6.45) is 0. The van der Waals surface area contributed by atoms with Gasteiger partial charge in [0.05, 0.1) is 4.47 Å². The van der Waals surface area contributed by atoms with Crippen molar-refractivity contribution in [3.63, 3.8) is 0 Å². The largest absolute Gasteiger partial charge is 0.365 e. The van der Waals surface area contributed by atoms with Gasteiger partial charge in [-0.3, -0.25) is 0 Å². The Morgan fingerprint density at radius 2 is 1.88 bits per heavy atom. The van der Waals surface area contributed by atoms with Crippen LogP contribution in [-0.2, 0) is 6.54 Å². The predicted octanol–water partition coefficient (Wildman–Crippen LogP) is 3.60. The molecule has 1 aromatic carbocycles. The molecular formula is C12H10BrFN2. The first-order valence-corrected chi connectivity index (χ1v) is 5.65. The summed E-state index contributed by atoms with van der Waals surface area (Å²) >= 11 is 3.31. The van der Waals surface area contributed by atoms with Crippen molar-refractivity contribution in [3.05, 3.63) is 58.4 Å². The van der Waals surface area contributed by atoms with Crippen LogP contribution in [0.3, 0.4) is 0 Å². The highest BCUT2D eigenvalue weighted by Crippen LogP contribution is 2.20. The summed E-state index contributed by atoms with van der Waals surface area (Å²) in [6.45, 7) is 0.621. The molecule has 2 aromatic rings. The third-order valence-corrected chi connectivity index (χ3v) is 2.75. The Balaban J connectivity index is 2.08. The number of nitrogens with zero attached hydrogens (tertiary/aromatic N) is 1. The molecule has 0 atom stereocenters. The minimum absolute atomic E-state index is 0.487. The van der Waals surface area contributed by atoms with Gasteiger partial charge < -0.3 is 5.32 Å². The maximum absolute atomic E-state index is 12.9. The minimum Gasteiger partial charge on any atom is -0.365 e. The number of pyridine rings is 1. The van der Waals surface area contributed by atoms with Gasteiger partial charge in [0.2, 0.25) is 5.95 Å². The second-order valence-corrected chi connectivity index (χ2v) is 4.16. The lowest BCUT2D eigenvalue weighted by Crippen LogP contribution is -2.02. The van der Waals surface area contributed by atoms with Crippen molar-refractivity contribution in [2.45, 2.75) is 6.54 Å². The average Bonchev–Trinajstić information content (AvgIpc) is 2.32. The van der Waals surface area contributed by atoms with Crippen molar-refractivity contribution < 1.29 is 4.39 Å². The standard InChI is InChI=1S/C12H10BrFN2/c13-10-6-7-11(14)16-12(10)15-8-9-4-2-1-3-5-9/h1-7H,8H2,(H,15,16). The number of aromatic nitrogens is 1. The van der Waals surface area contributed by atoms with Crippen molar-refractivity contribution >= 4 is 21.7 Å². The van der Waals surface area contributed by atoms with Crippen LogP contribution in [0.15, 0.2) is 46.9 Å². The van der Waals surface area contributed by atoms with Crippen LogP contribution in [0.4, 0.5) is 10.2 Å². The van der Waals surface area contributed by atoms with E-state index in [1.165, 1.54) is 6.07 Å². The molecule has 0 spiro atoms. The topological polar surface area (TPSA) is 24.9 Å².